The first-order valence-electron chi connectivity index (χ1n) is 7.04. The summed E-state index contributed by atoms with van der Waals surface area (Å²) < 4.78 is 7.94. The Bertz CT molecular complexity index is 721. The minimum absolute atomic E-state index is 0.532. The van der Waals surface area contributed by atoms with Gasteiger partial charge in [-0.05, 0) is 12.3 Å². The van der Waals surface area contributed by atoms with E-state index in [1.807, 2.05) is 47.2 Å². The maximum atomic E-state index is 9.95. The second kappa shape index (κ2) is 5.97. The van der Waals surface area contributed by atoms with Crippen molar-refractivity contribution < 1.29 is 9.84 Å². The number of fused-ring (bicyclic) bond motifs is 1. The predicted octanol–water partition coefficient (Wildman–Crippen LogP) is 3.17. The minimum Gasteiger partial charge on any atom is -0.491 e. The van der Waals surface area contributed by atoms with Crippen molar-refractivity contribution in [3.63, 3.8) is 0 Å². The molecule has 1 N–H and O–H groups in total. The standard InChI is InChI=1S/C17H18N2O2/c1-13(20)15-7-6-14-4-2-3-5-16(14)17(15)21-11-10-19-9-8-18-12-19/h2-9,12-13,20H,10-11H2,1H3. The highest BCUT2D eigenvalue weighted by atomic mass is 16.5. The van der Waals surface area contributed by atoms with E-state index in [0.717, 1.165) is 28.6 Å². The quantitative estimate of drug-likeness (QED) is 0.782. The fourth-order valence-corrected chi connectivity index (χ4v) is 2.42. The highest BCUT2D eigenvalue weighted by Crippen LogP contribution is 2.33. The van der Waals surface area contributed by atoms with Gasteiger partial charge in [0.25, 0.3) is 0 Å². The van der Waals surface area contributed by atoms with Gasteiger partial charge in [-0.15, -0.1) is 0 Å². The number of aromatic nitrogens is 2. The Kier molecular flexibility index (Phi) is 3.88. The number of hydrogen-bond acceptors (Lipinski definition) is 3. The van der Waals surface area contributed by atoms with E-state index in [1.54, 1.807) is 19.4 Å². The van der Waals surface area contributed by atoms with Gasteiger partial charge in [0.15, 0.2) is 0 Å². The van der Waals surface area contributed by atoms with Crippen molar-refractivity contribution in [2.45, 2.75) is 19.6 Å². The first kappa shape index (κ1) is 13.6. The van der Waals surface area contributed by atoms with Crippen molar-refractivity contribution in [3.05, 3.63) is 60.7 Å². The normalized spacial score (nSPS) is 12.5. The summed E-state index contributed by atoms with van der Waals surface area (Å²) in [5, 5.41) is 12.1. The third kappa shape index (κ3) is 2.90. The Hall–Kier alpha value is -2.33. The molecule has 1 unspecified atom stereocenters. The van der Waals surface area contributed by atoms with E-state index in [2.05, 4.69) is 4.98 Å². The molecule has 108 valence electrons. The number of aliphatic hydroxyl groups is 1. The summed E-state index contributed by atoms with van der Waals surface area (Å²) in [6.07, 6.45) is 4.86. The van der Waals surface area contributed by atoms with Gasteiger partial charge in [-0.25, -0.2) is 4.98 Å². The van der Waals surface area contributed by atoms with Crippen molar-refractivity contribution in [3.8, 4) is 5.75 Å². The molecule has 0 radical (unpaired) electrons. The molecule has 1 heterocycles. The zero-order valence-corrected chi connectivity index (χ0v) is 11.9. The molecule has 3 aromatic rings. The lowest BCUT2D eigenvalue weighted by Crippen LogP contribution is -2.08. The topological polar surface area (TPSA) is 47.3 Å². The molecule has 0 saturated carbocycles. The molecule has 1 aromatic heterocycles. The first-order chi connectivity index (χ1) is 10.3. The molecule has 0 amide bonds. The van der Waals surface area contributed by atoms with Gasteiger partial charge in [0, 0.05) is 23.3 Å². The van der Waals surface area contributed by atoms with Crippen molar-refractivity contribution in [2.24, 2.45) is 0 Å². The number of rotatable bonds is 5. The van der Waals surface area contributed by atoms with Gasteiger partial charge >= 0.3 is 0 Å². The number of nitrogens with zero attached hydrogens (tertiary/aromatic N) is 2. The summed E-state index contributed by atoms with van der Waals surface area (Å²) >= 11 is 0. The molecular weight excluding hydrogens is 264 g/mol. The molecule has 3 rings (SSSR count). The Morgan fingerprint density at radius 1 is 1.24 bits per heavy atom. The number of imidazole rings is 1. The SMILES string of the molecule is CC(O)c1ccc2ccccc2c1OCCn1ccnc1. The highest BCUT2D eigenvalue weighted by molar-refractivity contribution is 5.89. The van der Waals surface area contributed by atoms with Crippen LogP contribution in [0.25, 0.3) is 10.8 Å². The van der Waals surface area contributed by atoms with Gasteiger partial charge in [-0.1, -0.05) is 36.4 Å². The van der Waals surface area contributed by atoms with Crippen LogP contribution in [0.1, 0.15) is 18.6 Å². The molecule has 1 atom stereocenters. The molecular formula is C17H18N2O2. The molecule has 0 bridgehead atoms. The van der Waals surface area contributed by atoms with Gasteiger partial charge in [0.05, 0.1) is 19.0 Å². The third-order valence-electron chi connectivity index (χ3n) is 3.52. The van der Waals surface area contributed by atoms with Gasteiger partial charge < -0.3 is 14.4 Å². The van der Waals surface area contributed by atoms with Crippen molar-refractivity contribution >= 4 is 10.8 Å². The van der Waals surface area contributed by atoms with Crippen LogP contribution in [0.15, 0.2) is 55.1 Å². The van der Waals surface area contributed by atoms with E-state index in [9.17, 15) is 5.11 Å². The summed E-state index contributed by atoms with van der Waals surface area (Å²) in [5.74, 6) is 0.767. The van der Waals surface area contributed by atoms with Crippen LogP contribution in [-0.4, -0.2) is 21.3 Å². The van der Waals surface area contributed by atoms with E-state index < -0.39 is 6.10 Å². The average Bonchev–Trinajstić information content (AvgIpc) is 3.00. The summed E-state index contributed by atoms with van der Waals surface area (Å²) in [6.45, 7) is 3.01. The second-order valence-electron chi connectivity index (χ2n) is 5.03. The molecule has 21 heavy (non-hydrogen) atoms. The van der Waals surface area contributed by atoms with Crippen molar-refractivity contribution in [1.29, 1.82) is 0 Å². The highest BCUT2D eigenvalue weighted by Gasteiger charge is 2.12. The molecule has 0 saturated heterocycles. The number of ether oxygens (including phenoxy) is 1. The zero-order chi connectivity index (χ0) is 14.7. The van der Waals surface area contributed by atoms with Crippen molar-refractivity contribution in [1.82, 2.24) is 9.55 Å². The molecule has 0 aliphatic heterocycles. The minimum atomic E-state index is -0.558. The van der Waals surface area contributed by atoms with Crippen molar-refractivity contribution in [2.75, 3.05) is 6.61 Å². The van der Waals surface area contributed by atoms with Crippen LogP contribution in [0.2, 0.25) is 0 Å². The van der Waals surface area contributed by atoms with Crippen LogP contribution in [0, 0.1) is 0 Å². The molecule has 0 fully saturated rings. The van der Waals surface area contributed by atoms with Crippen LogP contribution >= 0.6 is 0 Å². The molecule has 0 aliphatic carbocycles. The predicted molar refractivity (Wildman–Crippen MR) is 82.3 cm³/mol. The fraction of sp³-hybridized carbons (Fsp3) is 0.235. The fourth-order valence-electron chi connectivity index (χ4n) is 2.42. The Morgan fingerprint density at radius 3 is 2.86 bits per heavy atom. The lowest BCUT2D eigenvalue weighted by atomic mass is 10.0. The van der Waals surface area contributed by atoms with Crippen LogP contribution in [0.3, 0.4) is 0 Å². The lowest BCUT2D eigenvalue weighted by molar-refractivity contribution is 0.191. The van der Waals surface area contributed by atoms with Gasteiger partial charge in [0.1, 0.15) is 12.4 Å². The van der Waals surface area contributed by atoms with E-state index in [4.69, 9.17) is 4.74 Å². The van der Waals surface area contributed by atoms with Gasteiger partial charge in [-0.3, -0.25) is 0 Å². The molecule has 2 aromatic carbocycles. The van der Waals surface area contributed by atoms with E-state index >= 15 is 0 Å². The Labute approximate surface area is 123 Å². The Morgan fingerprint density at radius 2 is 2.10 bits per heavy atom. The maximum absolute atomic E-state index is 9.95. The first-order valence-corrected chi connectivity index (χ1v) is 7.04. The monoisotopic (exact) mass is 282 g/mol. The number of aliphatic hydroxyl groups excluding tert-OH is 1. The van der Waals surface area contributed by atoms with Crippen LogP contribution in [0.4, 0.5) is 0 Å². The molecule has 0 spiro atoms. The average molecular weight is 282 g/mol. The van der Waals surface area contributed by atoms with Crippen LogP contribution < -0.4 is 4.74 Å². The maximum Gasteiger partial charge on any atom is 0.132 e. The summed E-state index contributed by atoms with van der Waals surface area (Å²) in [4.78, 5) is 4.01. The van der Waals surface area contributed by atoms with E-state index in [-0.39, 0.29) is 0 Å². The largest absolute Gasteiger partial charge is 0.491 e. The van der Waals surface area contributed by atoms with Crippen LogP contribution in [0.5, 0.6) is 5.75 Å². The summed E-state index contributed by atoms with van der Waals surface area (Å²) in [6, 6.07) is 12.0. The van der Waals surface area contributed by atoms with Gasteiger partial charge in [-0.2, -0.15) is 0 Å². The number of benzene rings is 2. The van der Waals surface area contributed by atoms with Gasteiger partial charge in [0.2, 0.25) is 0 Å². The summed E-state index contributed by atoms with van der Waals surface area (Å²) in [7, 11) is 0. The number of hydrogen-bond donors (Lipinski definition) is 1. The molecule has 4 heteroatoms. The Balaban J connectivity index is 1.89. The zero-order valence-electron chi connectivity index (χ0n) is 11.9. The smallest absolute Gasteiger partial charge is 0.132 e. The van der Waals surface area contributed by atoms with Crippen LogP contribution in [-0.2, 0) is 6.54 Å². The molecule has 0 aliphatic rings. The second-order valence-corrected chi connectivity index (χ2v) is 5.03. The van der Waals surface area contributed by atoms with E-state index in [0.29, 0.717) is 6.61 Å². The summed E-state index contributed by atoms with van der Waals surface area (Å²) in [5.41, 5.74) is 0.819. The molecule has 4 nitrogen and oxygen atoms in total. The third-order valence-corrected chi connectivity index (χ3v) is 3.52. The lowest BCUT2D eigenvalue weighted by Gasteiger charge is -2.16. The van der Waals surface area contributed by atoms with E-state index in [1.165, 1.54) is 0 Å².